The van der Waals surface area contributed by atoms with E-state index in [1.54, 1.807) is 18.2 Å². The molecule has 110 valence electrons. The van der Waals surface area contributed by atoms with Gasteiger partial charge in [0.05, 0.1) is 6.26 Å². The van der Waals surface area contributed by atoms with Gasteiger partial charge in [0.1, 0.15) is 5.76 Å². The van der Waals surface area contributed by atoms with Gasteiger partial charge in [0.15, 0.2) is 6.61 Å². The molecule has 0 amide bonds. The van der Waals surface area contributed by atoms with Crippen LogP contribution in [-0.4, -0.2) is 22.9 Å². The molecule has 0 saturated heterocycles. The van der Waals surface area contributed by atoms with E-state index in [4.69, 9.17) is 9.15 Å². The summed E-state index contributed by atoms with van der Waals surface area (Å²) >= 11 is 0. The Morgan fingerprint density at radius 1 is 1.38 bits per heavy atom. The Labute approximate surface area is 122 Å². The first-order valence-electron chi connectivity index (χ1n) is 6.53. The first-order valence-corrected chi connectivity index (χ1v) is 6.53. The van der Waals surface area contributed by atoms with Gasteiger partial charge in [0.25, 0.3) is 0 Å². The molecule has 0 aliphatic rings. The summed E-state index contributed by atoms with van der Waals surface area (Å²) in [5, 5.41) is 0. The van der Waals surface area contributed by atoms with E-state index in [0.29, 0.717) is 11.3 Å². The van der Waals surface area contributed by atoms with Gasteiger partial charge in [-0.2, -0.15) is 0 Å². The molecule has 0 radical (unpaired) electrons. The molecule has 0 bridgehead atoms. The third kappa shape index (κ3) is 3.51. The monoisotopic (exact) mass is 287 g/mol. The van der Waals surface area contributed by atoms with Gasteiger partial charge in [-0.3, -0.25) is 4.79 Å². The van der Waals surface area contributed by atoms with E-state index in [1.165, 1.54) is 18.4 Å². The Morgan fingerprint density at radius 2 is 2.14 bits per heavy atom. The summed E-state index contributed by atoms with van der Waals surface area (Å²) in [6, 6.07) is 5.23. The van der Waals surface area contributed by atoms with Crippen LogP contribution in [0.1, 0.15) is 27.5 Å². The minimum absolute atomic E-state index is 0.212. The summed E-state index contributed by atoms with van der Waals surface area (Å²) in [4.78, 5) is 23.6. The molecule has 0 aliphatic heterocycles. The van der Waals surface area contributed by atoms with E-state index < -0.39 is 5.97 Å². The number of aryl methyl sites for hydroxylation is 1. The fourth-order valence-electron chi connectivity index (χ4n) is 1.94. The largest absolute Gasteiger partial charge is 0.465 e. The van der Waals surface area contributed by atoms with Gasteiger partial charge in [-0.15, -0.1) is 0 Å². The van der Waals surface area contributed by atoms with Crippen molar-refractivity contribution in [2.24, 2.45) is 7.05 Å². The Hall–Kier alpha value is -2.56. The number of carbonyl (C=O) groups is 2. The number of carbonyl (C=O) groups excluding carboxylic acids is 2. The SMILES string of the molecule is Cc1cc(C(=O)COC(=O)/C=C/c2ccco2)c(C)n1C. The van der Waals surface area contributed by atoms with Gasteiger partial charge >= 0.3 is 5.97 Å². The van der Waals surface area contributed by atoms with Crippen molar-refractivity contribution in [3.05, 3.63) is 53.2 Å². The summed E-state index contributed by atoms with van der Waals surface area (Å²) < 4.78 is 11.9. The first-order chi connectivity index (χ1) is 9.99. The van der Waals surface area contributed by atoms with E-state index in [1.807, 2.05) is 25.5 Å². The van der Waals surface area contributed by atoms with Crippen molar-refractivity contribution >= 4 is 17.8 Å². The third-order valence-corrected chi connectivity index (χ3v) is 3.35. The Morgan fingerprint density at radius 3 is 2.71 bits per heavy atom. The van der Waals surface area contributed by atoms with Crippen molar-refractivity contribution in [2.45, 2.75) is 13.8 Å². The molecule has 0 aliphatic carbocycles. The molecule has 21 heavy (non-hydrogen) atoms. The van der Waals surface area contributed by atoms with Crippen LogP contribution in [0.2, 0.25) is 0 Å². The maximum absolute atomic E-state index is 12.0. The lowest BCUT2D eigenvalue weighted by Gasteiger charge is -2.02. The summed E-state index contributed by atoms with van der Waals surface area (Å²) in [7, 11) is 1.89. The van der Waals surface area contributed by atoms with Gasteiger partial charge in [-0.1, -0.05) is 0 Å². The van der Waals surface area contributed by atoms with Gasteiger partial charge < -0.3 is 13.7 Å². The lowest BCUT2D eigenvalue weighted by atomic mass is 10.1. The summed E-state index contributed by atoms with van der Waals surface area (Å²) in [5.41, 5.74) is 2.43. The molecule has 0 unspecified atom stereocenters. The third-order valence-electron chi connectivity index (χ3n) is 3.35. The molecule has 2 heterocycles. The van der Waals surface area contributed by atoms with E-state index in [2.05, 4.69) is 0 Å². The summed E-state index contributed by atoms with van der Waals surface area (Å²) in [6.45, 7) is 3.51. The number of nitrogens with zero attached hydrogens (tertiary/aromatic N) is 1. The molecule has 2 rings (SSSR count). The number of aromatic nitrogens is 1. The molecule has 5 nitrogen and oxygen atoms in total. The highest BCUT2D eigenvalue weighted by molar-refractivity contribution is 6.00. The van der Waals surface area contributed by atoms with Crippen LogP contribution in [0.5, 0.6) is 0 Å². The van der Waals surface area contributed by atoms with Crippen LogP contribution in [-0.2, 0) is 16.6 Å². The summed E-state index contributed by atoms with van der Waals surface area (Å²) in [5.74, 6) is -0.242. The normalized spacial score (nSPS) is 11.0. The first kappa shape index (κ1) is 14.8. The second-order valence-electron chi connectivity index (χ2n) is 4.72. The molecule has 0 saturated carbocycles. The summed E-state index contributed by atoms with van der Waals surface area (Å²) in [6.07, 6.45) is 4.23. The maximum Gasteiger partial charge on any atom is 0.331 e. The van der Waals surface area contributed by atoms with Crippen LogP contribution < -0.4 is 0 Å². The molecule has 0 N–H and O–H groups in total. The number of ether oxygens (including phenoxy) is 1. The number of hydrogen-bond acceptors (Lipinski definition) is 4. The van der Waals surface area contributed by atoms with Crippen LogP contribution in [0.4, 0.5) is 0 Å². The number of ketones is 1. The molecule has 0 aromatic carbocycles. The van der Waals surface area contributed by atoms with Crippen molar-refractivity contribution in [3.63, 3.8) is 0 Å². The molecule has 0 fully saturated rings. The molecule has 0 atom stereocenters. The molecular weight excluding hydrogens is 270 g/mol. The average molecular weight is 287 g/mol. The zero-order valence-corrected chi connectivity index (χ0v) is 12.3. The van der Waals surface area contributed by atoms with Crippen LogP contribution in [0.3, 0.4) is 0 Å². The number of hydrogen-bond donors (Lipinski definition) is 0. The van der Waals surface area contributed by atoms with Crippen LogP contribution in [0.25, 0.3) is 6.08 Å². The quantitative estimate of drug-likeness (QED) is 0.482. The van der Waals surface area contributed by atoms with Gasteiger partial charge in [-0.25, -0.2) is 4.79 Å². The predicted molar refractivity (Wildman–Crippen MR) is 77.9 cm³/mol. The van der Waals surface area contributed by atoms with E-state index >= 15 is 0 Å². The number of rotatable bonds is 5. The zero-order chi connectivity index (χ0) is 15.4. The number of furan rings is 1. The fraction of sp³-hybridized carbons (Fsp3) is 0.250. The van der Waals surface area contributed by atoms with Gasteiger partial charge in [0.2, 0.25) is 5.78 Å². The van der Waals surface area contributed by atoms with Crippen LogP contribution in [0.15, 0.2) is 35.0 Å². The van der Waals surface area contributed by atoms with Crippen molar-refractivity contribution in [1.82, 2.24) is 4.57 Å². The van der Waals surface area contributed by atoms with E-state index in [9.17, 15) is 9.59 Å². The lowest BCUT2D eigenvalue weighted by Crippen LogP contribution is -2.13. The molecule has 5 heteroatoms. The topological polar surface area (TPSA) is 61.4 Å². The highest BCUT2D eigenvalue weighted by atomic mass is 16.5. The average Bonchev–Trinajstić information content (AvgIpc) is 3.07. The van der Waals surface area contributed by atoms with Crippen LogP contribution >= 0.6 is 0 Å². The van der Waals surface area contributed by atoms with Crippen molar-refractivity contribution < 1.29 is 18.7 Å². The second kappa shape index (κ2) is 6.26. The molecule has 0 spiro atoms. The standard InChI is InChI=1S/C16H17NO4/c1-11-9-14(12(2)17(11)3)15(18)10-21-16(19)7-6-13-5-4-8-20-13/h4-9H,10H2,1-3H3/b7-6+. The molecule has 2 aromatic heterocycles. The molecular formula is C16H17NO4. The smallest absolute Gasteiger partial charge is 0.331 e. The zero-order valence-electron chi connectivity index (χ0n) is 12.3. The lowest BCUT2D eigenvalue weighted by molar-refractivity contribution is -0.136. The second-order valence-corrected chi connectivity index (χ2v) is 4.72. The predicted octanol–water partition coefficient (Wildman–Crippen LogP) is 2.67. The fourth-order valence-corrected chi connectivity index (χ4v) is 1.94. The van der Waals surface area contributed by atoms with E-state index in [-0.39, 0.29) is 12.4 Å². The van der Waals surface area contributed by atoms with Gasteiger partial charge in [0, 0.05) is 30.1 Å². The number of esters is 1. The highest BCUT2D eigenvalue weighted by Gasteiger charge is 2.15. The number of Topliss-reactive ketones (excluding diaryl/α,β-unsaturated/α-hetero) is 1. The Balaban J connectivity index is 1.92. The Bertz CT molecular complexity index is 677. The minimum atomic E-state index is -0.579. The maximum atomic E-state index is 12.0. The van der Waals surface area contributed by atoms with Crippen LogP contribution in [0, 0.1) is 13.8 Å². The van der Waals surface area contributed by atoms with E-state index in [0.717, 1.165) is 11.4 Å². The van der Waals surface area contributed by atoms with Crippen molar-refractivity contribution in [2.75, 3.05) is 6.61 Å². The van der Waals surface area contributed by atoms with Gasteiger partial charge in [-0.05, 0) is 38.1 Å². The van der Waals surface area contributed by atoms with Crippen molar-refractivity contribution in [3.8, 4) is 0 Å². The highest BCUT2D eigenvalue weighted by Crippen LogP contribution is 2.14. The Kier molecular flexibility index (Phi) is 4.42. The minimum Gasteiger partial charge on any atom is -0.465 e. The molecule has 2 aromatic rings. The van der Waals surface area contributed by atoms with Crippen molar-refractivity contribution in [1.29, 1.82) is 0 Å².